The van der Waals surface area contributed by atoms with E-state index in [-0.39, 0.29) is 17.1 Å². The van der Waals surface area contributed by atoms with Crippen LogP contribution in [0.5, 0.6) is 0 Å². The van der Waals surface area contributed by atoms with Crippen LogP contribution in [-0.2, 0) is 9.84 Å². The van der Waals surface area contributed by atoms with Crippen LogP contribution in [0.3, 0.4) is 0 Å². The van der Waals surface area contributed by atoms with E-state index in [2.05, 4.69) is 10.3 Å². The first kappa shape index (κ1) is 14.9. The molecule has 1 rings (SSSR count). The van der Waals surface area contributed by atoms with Gasteiger partial charge in [0.25, 0.3) is 0 Å². The summed E-state index contributed by atoms with van der Waals surface area (Å²) in [5.74, 6) is 0.548. The van der Waals surface area contributed by atoms with Crippen molar-refractivity contribution in [2.75, 3.05) is 11.6 Å². The summed E-state index contributed by atoms with van der Waals surface area (Å²) in [4.78, 5) is 4.11. The van der Waals surface area contributed by atoms with Crippen molar-refractivity contribution in [1.29, 1.82) is 0 Å². The zero-order chi connectivity index (χ0) is 13.9. The first-order chi connectivity index (χ1) is 8.24. The second-order valence-electron chi connectivity index (χ2n) is 4.71. The van der Waals surface area contributed by atoms with E-state index in [9.17, 15) is 8.42 Å². The van der Waals surface area contributed by atoms with Gasteiger partial charge < -0.3 is 11.1 Å². The van der Waals surface area contributed by atoms with Crippen molar-refractivity contribution in [3.8, 4) is 0 Å². The summed E-state index contributed by atoms with van der Waals surface area (Å²) in [6, 6.07) is 3.36. The van der Waals surface area contributed by atoms with E-state index in [1.165, 1.54) is 0 Å². The summed E-state index contributed by atoms with van der Waals surface area (Å²) in [6.45, 7) is 5.89. The third-order valence-electron chi connectivity index (χ3n) is 2.51. The van der Waals surface area contributed by atoms with E-state index in [4.69, 9.17) is 5.73 Å². The predicted octanol–water partition coefficient (Wildman–Crippen LogP) is 1.72. The molecule has 0 aliphatic rings. The summed E-state index contributed by atoms with van der Waals surface area (Å²) < 4.78 is 23.2. The lowest BCUT2D eigenvalue weighted by atomic mass is 10.1. The number of nitrogens with two attached hydrogens (primary N) is 1. The lowest BCUT2D eigenvalue weighted by Crippen LogP contribution is -2.16. The van der Waals surface area contributed by atoms with Crippen molar-refractivity contribution < 1.29 is 8.42 Å². The summed E-state index contributed by atoms with van der Waals surface area (Å²) in [5.41, 5.74) is 6.74. The zero-order valence-electron chi connectivity index (χ0n) is 11.3. The van der Waals surface area contributed by atoms with Crippen LogP contribution in [0.2, 0.25) is 0 Å². The summed E-state index contributed by atoms with van der Waals surface area (Å²) in [6.07, 6.45) is 1.89. The van der Waals surface area contributed by atoms with Gasteiger partial charge in [-0.2, -0.15) is 0 Å². The highest BCUT2D eigenvalue weighted by atomic mass is 32.2. The maximum atomic E-state index is 11.6. The van der Waals surface area contributed by atoms with Gasteiger partial charge in [-0.3, -0.25) is 0 Å². The normalized spacial score (nSPS) is 13.7. The van der Waals surface area contributed by atoms with E-state index >= 15 is 0 Å². The zero-order valence-corrected chi connectivity index (χ0v) is 12.1. The van der Waals surface area contributed by atoms with Gasteiger partial charge in [0.15, 0.2) is 14.9 Å². The highest BCUT2D eigenvalue weighted by molar-refractivity contribution is 7.90. The number of rotatable bonds is 5. The maximum Gasteiger partial charge on any atom is 0.192 e. The highest BCUT2D eigenvalue weighted by Gasteiger charge is 2.15. The molecule has 0 bridgehead atoms. The molecule has 3 N–H and O–H groups in total. The first-order valence-electron chi connectivity index (χ1n) is 5.98. The number of nitrogens with zero attached hydrogens (tertiary/aromatic N) is 1. The molecule has 0 saturated carbocycles. The Labute approximate surface area is 109 Å². The average molecular weight is 271 g/mol. The highest BCUT2D eigenvalue weighted by Crippen LogP contribution is 2.21. The Balaban J connectivity index is 3.29. The Morgan fingerprint density at radius 1 is 1.39 bits per heavy atom. The van der Waals surface area contributed by atoms with Crippen LogP contribution in [0.25, 0.3) is 0 Å². The number of anilines is 1. The lowest BCUT2D eigenvalue weighted by Gasteiger charge is -2.15. The SMILES string of the molecule is CC[C@H](N)c1cc(NC(C)C)nc(S(C)(=O)=O)c1. The quantitative estimate of drug-likeness (QED) is 0.851. The van der Waals surface area contributed by atoms with Crippen LogP contribution in [-0.4, -0.2) is 25.7 Å². The summed E-state index contributed by atoms with van der Waals surface area (Å²) in [5, 5.41) is 3.17. The topological polar surface area (TPSA) is 85.1 Å². The van der Waals surface area contributed by atoms with Crippen LogP contribution in [0.4, 0.5) is 5.82 Å². The minimum absolute atomic E-state index is 0.0621. The molecule has 1 heterocycles. The van der Waals surface area contributed by atoms with Gasteiger partial charge in [0.05, 0.1) is 0 Å². The van der Waals surface area contributed by atoms with Gasteiger partial charge in [-0.1, -0.05) is 6.92 Å². The number of sulfone groups is 1. The Bertz CT molecular complexity index is 512. The van der Waals surface area contributed by atoms with Crippen LogP contribution in [0, 0.1) is 0 Å². The third kappa shape index (κ3) is 3.96. The van der Waals surface area contributed by atoms with Crippen LogP contribution < -0.4 is 11.1 Å². The molecule has 1 aromatic heterocycles. The molecule has 18 heavy (non-hydrogen) atoms. The molecule has 1 aromatic rings. The number of hydrogen-bond acceptors (Lipinski definition) is 5. The third-order valence-corrected chi connectivity index (χ3v) is 3.48. The van der Waals surface area contributed by atoms with Gasteiger partial charge in [-0.25, -0.2) is 13.4 Å². The molecule has 5 nitrogen and oxygen atoms in total. The molecule has 0 fully saturated rings. The van der Waals surface area contributed by atoms with Gasteiger partial charge in [0, 0.05) is 18.3 Å². The second-order valence-corrected chi connectivity index (χ2v) is 6.67. The van der Waals surface area contributed by atoms with Gasteiger partial charge >= 0.3 is 0 Å². The molecule has 0 amide bonds. The number of nitrogens with one attached hydrogen (secondary N) is 1. The van der Waals surface area contributed by atoms with Gasteiger partial charge in [-0.05, 0) is 38.0 Å². The Kier molecular flexibility index (Phi) is 4.70. The fraction of sp³-hybridized carbons (Fsp3) is 0.583. The molecule has 0 spiro atoms. The molecule has 0 saturated heterocycles. The van der Waals surface area contributed by atoms with Crippen molar-refractivity contribution in [2.24, 2.45) is 5.73 Å². The minimum atomic E-state index is -3.33. The van der Waals surface area contributed by atoms with E-state index < -0.39 is 9.84 Å². The molecule has 0 aromatic carbocycles. The smallest absolute Gasteiger partial charge is 0.192 e. The standard InChI is InChI=1S/C12H21N3O2S/c1-5-10(13)9-6-11(14-8(2)3)15-12(7-9)18(4,16)17/h6-8,10H,5,13H2,1-4H3,(H,14,15)/t10-/m0/s1. The van der Waals surface area contributed by atoms with Crippen LogP contribution >= 0.6 is 0 Å². The molecule has 102 valence electrons. The van der Waals surface area contributed by atoms with Crippen molar-refractivity contribution in [1.82, 2.24) is 4.98 Å². The van der Waals surface area contributed by atoms with Gasteiger partial charge in [0.2, 0.25) is 0 Å². The molecule has 0 aliphatic heterocycles. The summed E-state index contributed by atoms with van der Waals surface area (Å²) in [7, 11) is -3.33. The largest absolute Gasteiger partial charge is 0.368 e. The van der Waals surface area contributed by atoms with Crippen molar-refractivity contribution in [3.63, 3.8) is 0 Å². The summed E-state index contributed by atoms with van der Waals surface area (Å²) >= 11 is 0. The number of aromatic nitrogens is 1. The fourth-order valence-electron chi connectivity index (χ4n) is 1.53. The lowest BCUT2D eigenvalue weighted by molar-refractivity contribution is 0.597. The van der Waals surface area contributed by atoms with Crippen molar-refractivity contribution >= 4 is 15.7 Å². The molecule has 0 unspecified atom stereocenters. The first-order valence-corrected chi connectivity index (χ1v) is 7.87. The Morgan fingerprint density at radius 3 is 2.44 bits per heavy atom. The van der Waals surface area contributed by atoms with Crippen LogP contribution in [0.1, 0.15) is 38.8 Å². The number of hydrogen-bond donors (Lipinski definition) is 2. The molecule has 1 atom stereocenters. The molecule has 0 radical (unpaired) electrons. The van der Waals surface area contributed by atoms with Crippen LogP contribution in [0.15, 0.2) is 17.2 Å². The number of pyridine rings is 1. The monoisotopic (exact) mass is 271 g/mol. The average Bonchev–Trinajstić information content (AvgIpc) is 2.25. The van der Waals surface area contributed by atoms with E-state index in [0.29, 0.717) is 5.82 Å². The van der Waals surface area contributed by atoms with E-state index in [1.54, 1.807) is 6.07 Å². The van der Waals surface area contributed by atoms with Gasteiger partial charge in [0.1, 0.15) is 5.82 Å². The van der Waals surface area contributed by atoms with E-state index in [1.807, 2.05) is 26.8 Å². The molecule has 6 heteroatoms. The molecular formula is C12H21N3O2S. The van der Waals surface area contributed by atoms with E-state index in [0.717, 1.165) is 18.2 Å². The Hall–Kier alpha value is -1.14. The van der Waals surface area contributed by atoms with Gasteiger partial charge in [-0.15, -0.1) is 0 Å². The molecule has 0 aliphatic carbocycles. The maximum absolute atomic E-state index is 11.6. The fourth-order valence-corrected chi connectivity index (χ4v) is 2.15. The van der Waals surface area contributed by atoms with Crippen molar-refractivity contribution in [3.05, 3.63) is 17.7 Å². The second kappa shape index (κ2) is 5.67. The molecular weight excluding hydrogens is 250 g/mol. The minimum Gasteiger partial charge on any atom is -0.368 e. The predicted molar refractivity (Wildman–Crippen MR) is 73.3 cm³/mol. The van der Waals surface area contributed by atoms with Crippen molar-refractivity contribution in [2.45, 2.75) is 44.3 Å². The Morgan fingerprint density at radius 2 is 2.00 bits per heavy atom.